The number of rotatable bonds is 3. The summed E-state index contributed by atoms with van der Waals surface area (Å²) in [5.41, 5.74) is 5.50. The number of hydrogen-bond donors (Lipinski definition) is 1. The molecule has 0 saturated carbocycles. The number of nitrogens with one attached hydrogen (secondary N) is 1. The lowest BCUT2D eigenvalue weighted by molar-refractivity contribution is 0.313. The van der Waals surface area contributed by atoms with Gasteiger partial charge in [-0.05, 0) is 25.3 Å². The molecular weight excluding hydrogens is 256 g/mol. The molecule has 19 heavy (non-hydrogen) atoms. The van der Waals surface area contributed by atoms with Gasteiger partial charge in [0.15, 0.2) is 0 Å². The minimum absolute atomic E-state index is 0.360. The molecule has 100 valence electrons. The molecule has 2 heterocycles. The summed E-state index contributed by atoms with van der Waals surface area (Å²) < 4.78 is 5.89. The predicted octanol–water partition coefficient (Wildman–Crippen LogP) is 3.46. The van der Waals surface area contributed by atoms with Crippen molar-refractivity contribution in [3.8, 4) is 5.75 Å². The van der Waals surface area contributed by atoms with Crippen molar-refractivity contribution in [2.24, 2.45) is 0 Å². The third-order valence-electron chi connectivity index (χ3n) is 3.51. The van der Waals surface area contributed by atoms with E-state index in [2.05, 4.69) is 40.8 Å². The van der Waals surface area contributed by atoms with Gasteiger partial charge in [0.2, 0.25) is 0 Å². The largest absolute Gasteiger partial charge is 0.493 e. The SMILES string of the molecule is Cc1cccc2c1OCCCC2NCc1cscn1. The molecule has 3 nitrogen and oxygen atoms in total. The summed E-state index contributed by atoms with van der Waals surface area (Å²) in [6, 6.07) is 6.76. The lowest BCUT2D eigenvalue weighted by atomic mass is 10.00. The van der Waals surface area contributed by atoms with E-state index in [0.29, 0.717) is 6.04 Å². The molecule has 4 heteroatoms. The Morgan fingerprint density at radius 2 is 2.42 bits per heavy atom. The Hall–Kier alpha value is -1.39. The van der Waals surface area contributed by atoms with Gasteiger partial charge in [0.05, 0.1) is 17.8 Å². The molecule has 1 aliphatic heterocycles. The van der Waals surface area contributed by atoms with Crippen LogP contribution >= 0.6 is 11.3 Å². The number of nitrogens with zero attached hydrogens (tertiary/aromatic N) is 1. The zero-order valence-corrected chi connectivity index (χ0v) is 11.9. The topological polar surface area (TPSA) is 34.1 Å². The first-order valence-corrected chi connectivity index (χ1v) is 7.61. The van der Waals surface area contributed by atoms with Crippen LogP contribution in [0.2, 0.25) is 0 Å². The molecule has 1 atom stereocenters. The maximum Gasteiger partial charge on any atom is 0.126 e. The molecule has 1 N–H and O–H groups in total. The van der Waals surface area contributed by atoms with Crippen LogP contribution in [0, 0.1) is 6.92 Å². The highest BCUT2D eigenvalue weighted by atomic mass is 32.1. The Bertz CT molecular complexity index is 539. The lowest BCUT2D eigenvalue weighted by Crippen LogP contribution is -2.20. The van der Waals surface area contributed by atoms with Crippen molar-refractivity contribution in [1.82, 2.24) is 10.3 Å². The van der Waals surface area contributed by atoms with E-state index in [1.165, 1.54) is 11.1 Å². The van der Waals surface area contributed by atoms with Crippen molar-refractivity contribution in [2.75, 3.05) is 6.61 Å². The summed E-state index contributed by atoms with van der Waals surface area (Å²) in [6.07, 6.45) is 2.20. The van der Waals surface area contributed by atoms with E-state index in [4.69, 9.17) is 4.74 Å². The van der Waals surface area contributed by atoms with Crippen LogP contribution in [0.25, 0.3) is 0 Å². The van der Waals surface area contributed by atoms with Gasteiger partial charge in [-0.3, -0.25) is 0 Å². The highest BCUT2D eigenvalue weighted by Gasteiger charge is 2.20. The number of para-hydroxylation sites is 1. The molecule has 0 spiro atoms. The average molecular weight is 274 g/mol. The summed E-state index contributed by atoms with van der Waals surface area (Å²) in [6.45, 7) is 3.75. The van der Waals surface area contributed by atoms with E-state index < -0.39 is 0 Å². The third kappa shape index (κ3) is 2.80. The molecule has 3 rings (SSSR count). The highest BCUT2D eigenvalue weighted by Crippen LogP contribution is 2.34. The first-order chi connectivity index (χ1) is 9.34. The van der Waals surface area contributed by atoms with Crippen LogP contribution in [0.15, 0.2) is 29.1 Å². The second kappa shape index (κ2) is 5.72. The maximum atomic E-state index is 5.89. The molecule has 1 unspecified atom stereocenters. The summed E-state index contributed by atoms with van der Waals surface area (Å²) in [5, 5.41) is 5.71. The summed E-state index contributed by atoms with van der Waals surface area (Å²) in [7, 11) is 0. The molecule has 0 bridgehead atoms. The maximum absolute atomic E-state index is 5.89. The standard InChI is InChI=1S/C15H18N2OS/c1-11-4-2-5-13-14(6-3-7-18-15(11)13)16-8-12-9-19-10-17-12/h2,4-5,9-10,14,16H,3,6-8H2,1H3. The molecule has 1 aliphatic rings. The van der Waals surface area contributed by atoms with Crippen molar-refractivity contribution >= 4 is 11.3 Å². The molecule has 0 aliphatic carbocycles. The van der Waals surface area contributed by atoms with Crippen LogP contribution < -0.4 is 10.1 Å². The fraction of sp³-hybridized carbons (Fsp3) is 0.400. The van der Waals surface area contributed by atoms with Crippen molar-refractivity contribution in [1.29, 1.82) is 0 Å². The van der Waals surface area contributed by atoms with Crippen LogP contribution in [0.3, 0.4) is 0 Å². The fourth-order valence-corrected chi connectivity index (χ4v) is 3.09. The van der Waals surface area contributed by atoms with Crippen LogP contribution in [-0.2, 0) is 6.54 Å². The second-order valence-electron chi connectivity index (χ2n) is 4.90. The second-order valence-corrected chi connectivity index (χ2v) is 5.62. The fourth-order valence-electron chi connectivity index (χ4n) is 2.53. The Balaban J connectivity index is 1.80. The normalized spacial score (nSPS) is 18.5. The van der Waals surface area contributed by atoms with Gasteiger partial charge < -0.3 is 10.1 Å². The van der Waals surface area contributed by atoms with Gasteiger partial charge in [0.1, 0.15) is 5.75 Å². The van der Waals surface area contributed by atoms with Gasteiger partial charge in [-0.1, -0.05) is 18.2 Å². The van der Waals surface area contributed by atoms with E-state index >= 15 is 0 Å². The lowest BCUT2D eigenvalue weighted by Gasteiger charge is -2.18. The van der Waals surface area contributed by atoms with Gasteiger partial charge in [-0.2, -0.15) is 0 Å². The number of fused-ring (bicyclic) bond motifs is 1. The summed E-state index contributed by atoms with van der Waals surface area (Å²) >= 11 is 1.64. The first kappa shape index (κ1) is 12.6. The van der Waals surface area contributed by atoms with Gasteiger partial charge >= 0.3 is 0 Å². The van der Waals surface area contributed by atoms with E-state index in [9.17, 15) is 0 Å². The minimum atomic E-state index is 0.360. The van der Waals surface area contributed by atoms with Crippen molar-refractivity contribution in [3.63, 3.8) is 0 Å². The van der Waals surface area contributed by atoms with Crippen LogP contribution in [0.4, 0.5) is 0 Å². The zero-order chi connectivity index (χ0) is 13.1. The van der Waals surface area contributed by atoms with Crippen LogP contribution in [-0.4, -0.2) is 11.6 Å². The molecule has 0 amide bonds. The van der Waals surface area contributed by atoms with Crippen molar-refractivity contribution in [2.45, 2.75) is 32.4 Å². The van der Waals surface area contributed by atoms with Gasteiger partial charge in [0, 0.05) is 23.5 Å². The van der Waals surface area contributed by atoms with Gasteiger partial charge in [-0.25, -0.2) is 4.98 Å². The number of hydrogen-bond acceptors (Lipinski definition) is 4. The number of aromatic nitrogens is 1. The number of ether oxygens (including phenoxy) is 1. The van der Waals surface area contributed by atoms with Gasteiger partial charge in [0.25, 0.3) is 0 Å². The summed E-state index contributed by atoms with van der Waals surface area (Å²) in [5.74, 6) is 1.07. The van der Waals surface area contributed by atoms with Crippen LogP contribution in [0.1, 0.15) is 35.7 Å². The molecule has 1 aromatic heterocycles. The number of thiazole rings is 1. The highest BCUT2D eigenvalue weighted by molar-refractivity contribution is 7.07. The number of aryl methyl sites for hydroxylation is 1. The molecular formula is C15H18N2OS. The molecule has 2 aromatic rings. The summed E-state index contributed by atoms with van der Waals surface area (Å²) in [4.78, 5) is 4.32. The zero-order valence-electron chi connectivity index (χ0n) is 11.1. The monoisotopic (exact) mass is 274 g/mol. The van der Waals surface area contributed by atoms with Crippen LogP contribution in [0.5, 0.6) is 5.75 Å². The van der Waals surface area contributed by atoms with E-state index in [-0.39, 0.29) is 0 Å². The minimum Gasteiger partial charge on any atom is -0.493 e. The third-order valence-corrected chi connectivity index (χ3v) is 4.15. The van der Waals surface area contributed by atoms with E-state index in [1.54, 1.807) is 11.3 Å². The van der Waals surface area contributed by atoms with Crippen molar-refractivity contribution in [3.05, 3.63) is 45.9 Å². The Kier molecular flexibility index (Phi) is 3.80. The average Bonchev–Trinajstić information content (AvgIpc) is 2.84. The quantitative estimate of drug-likeness (QED) is 0.930. The van der Waals surface area contributed by atoms with E-state index in [1.807, 2.05) is 5.51 Å². The van der Waals surface area contributed by atoms with Crippen molar-refractivity contribution < 1.29 is 4.74 Å². The Morgan fingerprint density at radius 3 is 3.26 bits per heavy atom. The van der Waals surface area contributed by atoms with Gasteiger partial charge in [-0.15, -0.1) is 11.3 Å². The van der Waals surface area contributed by atoms with E-state index in [0.717, 1.165) is 37.4 Å². The molecule has 0 radical (unpaired) electrons. The predicted molar refractivity (Wildman–Crippen MR) is 77.6 cm³/mol. The number of benzene rings is 1. The molecule has 0 fully saturated rings. The Labute approximate surface area is 117 Å². The smallest absolute Gasteiger partial charge is 0.126 e. The molecule has 1 aromatic carbocycles. The molecule has 0 saturated heterocycles. The first-order valence-electron chi connectivity index (χ1n) is 6.67. The Morgan fingerprint density at radius 1 is 1.47 bits per heavy atom.